The van der Waals surface area contributed by atoms with E-state index >= 15 is 0 Å². The van der Waals surface area contributed by atoms with Crippen LogP contribution >= 0.6 is 22.7 Å². The van der Waals surface area contributed by atoms with Gasteiger partial charge in [0.25, 0.3) is 10.0 Å². The number of rotatable bonds is 7. The lowest BCUT2D eigenvalue weighted by Gasteiger charge is -2.30. The maximum atomic E-state index is 13.0. The standard InChI is InChI=1S/C22H25N3O4S3/c1-3-29-19-9-5-4-8-17(19)18-14-30-22(23-18)24-21(26)16-7-6-12-25(13-16)32(27,28)20-11-10-15(2)31-20/h4-5,8-11,14,16H,3,6-7,12-13H2,1-2H3,(H,23,24,26). The van der Waals surface area contributed by atoms with Crippen molar-refractivity contribution in [3.05, 3.63) is 46.7 Å². The highest BCUT2D eigenvalue weighted by atomic mass is 32.2. The van der Waals surface area contributed by atoms with Gasteiger partial charge in [-0.25, -0.2) is 13.4 Å². The van der Waals surface area contributed by atoms with Crippen molar-refractivity contribution in [2.75, 3.05) is 25.0 Å². The Balaban J connectivity index is 1.45. The van der Waals surface area contributed by atoms with Crippen molar-refractivity contribution in [1.29, 1.82) is 0 Å². The molecule has 32 heavy (non-hydrogen) atoms. The topological polar surface area (TPSA) is 88.6 Å². The van der Waals surface area contributed by atoms with Gasteiger partial charge in [-0.2, -0.15) is 4.31 Å². The first-order valence-corrected chi connectivity index (χ1v) is 13.6. The van der Waals surface area contributed by atoms with Crippen LogP contribution < -0.4 is 10.1 Å². The number of carbonyl (C=O) groups excluding carboxylic acids is 1. The number of hydrogen-bond acceptors (Lipinski definition) is 7. The zero-order valence-electron chi connectivity index (χ0n) is 17.9. The number of sulfonamides is 1. The molecule has 1 atom stereocenters. The number of carbonyl (C=O) groups is 1. The predicted octanol–water partition coefficient (Wildman–Crippen LogP) is 4.62. The summed E-state index contributed by atoms with van der Waals surface area (Å²) < 4.78 is 33.3. The minimum Gasteiger partial charge on any atom is -0.493 e. The minimum atomic E-state index is -3.58. The molecule has 1 fully saturated rings. The SMILES string of the molecule is CCOc1ccccc1-c1csc(NC(=O)C2CCCN(S(=O)(=O)c3ccc(C)s3)C2)n1. The van der Waals surface area contributed by atoms with Crippen molar-refractivity contribution in [2.24, 2.45) is 5.92 Å². The number of hydrogen-bond donors (Lipinski definition) is 1. The Kier molecular flexibility index (Phi) is 6.94. The van der Waals surface area contributed by atoms with Gasteiger partial charge >= 0.3 is 0 Å². The molecule has 1 saturated heterocycles. The lowest BCUT2D eigenvalue weighted by atomic mass is 9.99. The second kappa shape index (κ2) is 9.70. The molecule has 1 aromatic carbocycles. The molecule has 0 bridgehead atoms. The van der Waals surface area contributed by atoms with Crippen molar-refractivity contribution >= 4 is 43.7 Å². The van der Waals surface area contributed by atoms with E-state index in [-0.39, 0.29) is 12.5 Å². The fourth-order valence-corrected chi connectivity index (χ4v) is 7.35. The van der Waals surface area contributed by atoms with Gasteiger partial charge in [0.1, 0.15) is 9.96 Å². The van der Waals surface area contributed by atoms with E-state index in [0.717, 1.165) is 21.9 Å². The summed E-state index contributed by atoms with van der Waals surface area (Å²) in [5, 5.41) is 5.25. The first-order chi connectivity index (χ1) is 15.4. The van der Waals surface area contributed by atoms with Gasteiger partial charge in [0.05, 0.1) is 18.2 Å². The van der Waals surface area contributed by atoms with E-state index in [2.05, 4.69) is 10.3 Å². The predicted molar refractivity (Wildman–Crippen MR) is 128 cm³/mol. The summed E-state index contributed by atoms with van der Waals surface area (Å²) in [4.78, 5) is 18.4. The van der Waals surface area contributed by atoms with E-state index in [9.17, 15) is 13.2 Å². The molecule has 1 aliphatic rings. The molecule has 0 saturated carbocycles. The highest BCUT2D eigenvalue weighted by molar-refractivity contribution is 7.91. The summed E-state index contributed by atoms with van der Waals surface area (Å²) in [6.45, 7) is 4.97. The molecule has 2 aromatic heterocycles. The summed E-state index contributed by atoms with van der Waals surface area (Å²) in [7, 11) is -3.58. The summed E-state index contributed by atoms with van der Waals surface area (Å²) in [6, 6.07) is 11.1. The Morgan fingerprint density at radius 2 is 2.09 bits per heavy atom. The smallest absolute Gasteiger partial charge is 0.252 e. The maximum Gasteiger partial charge on any atom is 0.252 e. The van der Waals surface area contributed by atoms with Crippen LogP contribution in [0.3, 0.4) is 0 Å². The summed E-state index contributed by atoms with van der Waals surface area (Å²) in [5.74, 6) is 0.129. The van der Waals surface area contributed by atoms with Crippen LogP contribution in [0.4, 0.5) is 5.13 Å². The molecule has 1 amide bonds. The van der Waals surface area contributed by atoms with Gasteiger partial charge < -0.3 is 10.1 Å². The Morgan fingerprint density at radius 1 is 1.28 bits per heavy atom. The number of benzene rings is 1. The summed E-state index contributed by atoms with van der Waals surface area (Å²) in [5.41, 5.74) is 1.60. The number of thiazole rings is 1. The van der Waals surface area contributed by atoms with E-state index in [4.69, 9.17) is 4.74 Å². The largest absolute Gasteiger partial charge is 0.493 e. The highest BCUT2D eigenvalue weighted by Crippen LogP contribution is 2.33. The number of para-hydroxylation sites is 1. The van der Waals surface area contributed by atoms with E-state index < -0.39 is 15.9 Å². The van der Waals surface area contributed by atoms with E-state index in [1.165, 1.54) is 27.0 Å². The highest BCUT2D eigenvalue weighted by Gasteiger charge is 2.34. The number of amides is 1. The third-order valence-electron chi connectivity index (χ3n) is 5.26. The number of thiophene rings is 1. The number of nitrogens with zero attached hydrogens (tertiary/aromatic N) is 2. The number of aryl methyl sites for hydroxylation is 1. The Morgan fingerprint density at radius 3 is 2.84 bits per heavy atom. The van der Waals surface area contributed by atoms with Crippen molar-refractivity contribution in [2.45, 2.75) is 30.9 Å². The van der Waals surface area contributed by atoms with Crippen LogP contribution in [0.1, 0.15) is 24.6 Å². The molecule has 0 radical (unpaired) electrons. The normalized spacial score (nSPS) is 17.2. The van der Waals surface area contributed by atoms with Crippen LogP contribution in [0.15, 0.2) is 46.0 Å². The van der Waals surface area contributed by atoms with Crippen LogP contribution in [0.25, 0.3) is 11.3 Å². The molecule has 1 unspecified atom stereocenters. The molecule has 1 aliphatic heterocycles. The van der Waals surface area contributed by atoms with Crippen molar-refractivity contribution in [3.8, 4) is 17.0 Å². The van der Waals surface area contributed by atoms with Crippen molar-refractivity contribution in [3.63, 3.8) is 0 Å². The zero-order chi connectivity index (χ0) is 22.7. The average molecular weight is 492 g/mol. The fourth-order valence-electron chi connectivity index (χ4n) is 3.67. The third kappa shape index (κ3) is 4.88. The molecule has 3 heterocycles. The van der Waals surface area contributed by atoms with Crippen LogP contribution in [0.5, 0.6) is 5.75 Å². The molecule has 4 rings (SSSR count). The van der Waals surface area contributed by atoms with Crippen molar-refractivity contribution in [1.82, 2.24) is 9.29 Å². The molecule has 0 aliphatic carbocycles. The zero-order valence-corrected chi connectivity index (χ0v) is 20.4. The van der Waals surface area contributed by atoms with Crippen LogP contribution in [-0.4, -0.2) is 43.3 Å². The van der Waals surface area contributed by atoms with Gasteiger partial charge in [-0.1, -0.05) is 12.1 Å². The van der Waals surface area contributed by atoms with Gasteiger partial charge in [-0.15, -0.1) is 22.7 Å². The van der Waals surface area contributed by atoms with Gasteiger partial charge in [-0.05, 0) is 51.0 Å². The number of anilines is 1. The minimum absolute atomic E-state index is 0.177. The molecule has 1 N–H and O–H groups in total. The van der Waals surface area contributed by atoms with Gasteiger partial charge in [0, 0.05) is 28.9 Å². The van der Waals surface area contributed by atoms with Gasteiger partial charge in [0.2, 0.25) is 5.91 Å². The molecule has 3 aromatic rings. The summed E-state index contributed by atoms with van der Waals surface area (Å²) in [6.07, 6.45) is 1.29. The van der Waals surface area contributed by atoms with Crippen LogP contribution in [0.2, 0.25) is 0 Å². The number of piperidine rings is 1. The molecular formula is C22H25N3O4S3. The first kappa shape index (κ1) is 22.9. The summed E-state index contributed by atoms with van der Waals surface area (Å²) >= 11 is 2.60. The van der Waals surface area contributed by atoms with E-state index in [0.29, 0.717) is 35.3 Å². The lowest BCUT2D eigenvalue weighted by Crippen LogP contribution is -2.43. The quantitative estimate of drug-likeness (QED) is 0.521. The second-order valence-electron chi connectivity index (χ2n) is 7.52. The van der Waals surface area contributed by atoms with Gasteiger partial charge in [-0.3, -0.25) is 4.79 Å². The molecular weight excluding hydrogens is 466 g/mol. The number of aromatic nitrogens is 1. The average Bonchev–Trinajstić information content (AvgIpc) is 3.44. The van der Waals surface area contributed by atoms with E-state index in [1.807, 2.05) is 43.5 Å². The Bertz CT molecular complexity index is 1200. The van der Waals surface area contributed by atoms with Gasteiger partial charge in [0.15, 0.2) is 5.13 Å². The molecule has 10 heteroatoms. The maximum absolute atomic E-state index is 13.0. The third-order valence-corrected chi connectivity index (χ3v) is 9.35. The van der Waals surface area contributed by atoms with Crippen molar-refractivity contribution < 1.29 is 17.9 Å². The Hall–Kier alpha value is -2.27. The molecule has 170 valence electrons. The monoisotopic (exact) mass is 491 g/mol. The number of nitrogens with one attached hydrogen (secondary N) is 1. The first-order valence-electron chi connectivity index (χ1n) is 10.4. The lowest BCUT2D eigenvalue weighted by molar-refractivity contribution is -0.120. The van der Waals surface area contributed by atoms with Crippen LogP contribution in [0, 0.1) is 12.8 Å². The number of ether oxygens (including phenoxy) is 1. The van der Waals surface area contributed by atoms with Crippen LogP contribution in [-0.2, 0) is 14.8 Å². The second-order valence-corrected chi connectivity index (χ2v) is 11.8. The van der Waals surface area contributed by atoms with E-state index in [1.54, 1.807) is 12.1 Å². The molecule has 0 spiro atoms. The Labute approximate surface area is 196 Å². The fraction of sp³-hybridized carbons (Fsp3) is 0.364. The molecule has 7 nitrogen and oxygen atoms in total.